The standard InChI is InChI=1S/C21H23N5O/c27-21(17-8-9-19(25-14-17)24-13-15-5-6-15)23-12-11-22-20-10-7-16-3-1-2-4-18(16)26-20/h1-4,7-10,14-15H,5-6,11-13H2,(H,22,26)(H,23,27)(H,24,25). The fraction of sp³-hybridized carbons (Fsp3) is 0.286. The van der Waals surface area contributed by atoms with Crippen LogP contribution in [0.3, 0.4) is 0 Å². The third-order valence-corrected chi connectivity index (χ3v) is 4.61. The zero-order valence-electron chi connectivity index (χ0n) is 15.1. The molecule has 1 aromatic carbocycles. The van der Waals surface area contributed by atoms with Crippen LogP contribution in [0.1, 0.15) is 23.2 Å². The van der Waals surface area contributed by atoms with Crippen molar-refractivity contribution in [2.24, 2.45) is 5.92 Å². The molecule has 138 valence electrons. The number of benzene rings is 1. The van der Waals surface area contributed by atoms with Crippen molar-refractivity contribution in [2.75, 3.05) is 30.3 Å². The van der Waals surface area contributed by atoms with E-state index >= 15 is 0 Å². The van der Waals surface area contributed by atoms with Crippen molar-refractivity contribution in [3.63, 3.8) is 0 Å². The molecule has 0 unspecified atom stereocenters. The van der Waals surface area contributed by atoms with Crippen molar-refractivity contribution in [2.45, 2.75) is 12.8 Å². The van der Waals surface area contributed by atoms with Crippen LogP contribution in [0.25, 0.3) is 10.9 Å². The van der Waals surface area contributed by atoms with Gasteiger partial charge in [0.15, 0.2) is 0 Å². The van der Waals surface area contributed by atoms with Gasteiger partial charge in [-0.3, -0.25) is 4.79 Å². The second kappa shape index (κ2) is 8.03. The first-order chi connectivity index (χ1) is 13.3. The summed E-state index contributed by atoms with van der Waals surface area (Å²) in [7, 11) is 0. The number of pyridine rings is 2. The van der Waals surface area contributed by atoms with Gasteiger partial charge in [-0.25, -0.2) is 9.97 Å². The highest BCUT2D eigenvalue weighted by molar-refractivity contribution is 5.94. The quantitative estimate of drug-likeness (QED) is 0.537. The summed E-state index contributed by atoms with van der Waals surface area (Å²) in [6.45, 7) is 2.08. The molecule has 6 nitrogen and oxygen atoms in total. The lowest BCUT2D eigenvalue weighted by molar-refractivity contribution is 0.0955. The van der Waals surface area contributed by atoms with Crippen molar-refractivity contribution in [3.05, 3.63) is 60.3 Å². The third-order valence-electron chi connectivity index (χ3n) is 4.61. The molecule has 4 rings (SSSR count). The van der Waals surface area contributed by atoms with Gasteiger partial charge in [-0.15, -0.1) is 0 Å². The Labute approximate surface area is 158 Å². The fourth-order valence-corrected chi connectivity index (χ4v) is 2.84. The van der Waals surface area contributed by atoms with Gasteiger partial charge < -0.3 is 16.0 Å². The molecule has 0 aliphatic heterocycles. The normalized spacial score (nSPS) is 13.3. The third kappa shape index (κ3) is 4.73. The maximum atomic E-state index is 12.2. The van der Waals surface area contributed by atoms with Gasteiger partial charge in [0.1, 0.15) is 11.6 Å². The SMILES string of the molecule is O=C(NCCNc1ccc2ccccc2n1)c1ccc(NCC2CC2)nc1. The van der Waals surface area contributed by atoms with Gasteiger partial charge in [0.25, 0.3) is 5.91 Å². The lowest BCUT2D eigenvalue weighted by Gasteiger charge is -2.09. The van der Waals surface area contributed by atoms with E-state index in [1.807, 2.05) is 42.5 Å². The number of rotatable bonds is 8. The van der Waals surface area contributed by atoms with E-state index in [0.717, 1.165) is 35.0 Å². The number of nitrogens with zero attached hydrogens (tertiary/aromatic N) is 2. The number of nitrogens with one attached hydrogen (secondary N) is 3. The minimum atomic E-state index is -0.121. The zero-order chi connectivity index (χ0) is 18.5. The first-order valence-corrected chi connectivity index (χ1v) is 9.36. The molecule has 3 N–H and O–H groups in total. The summed E-state index contributed by atoms with van der Waals surface area (Å²) >= 11 is 0. The molecule has 0 bridgehead atoms. The molecule has 1 aliphatic rings. The molecule has 1 fully saturated rings. The number of hydrogen-bond donors (Lipinski definition) is 3. The summed E-state index contributed by atoms with van der Waals surface area (Å²) in [5.74, 6) is 2.29. The summed E-state index contributed by atoms with van der Waals surface area (Å²) < 4.78 is 0. The van der Waals surface area contributed by atoms with Crippen LogP contribution in [0.15, 0.2) is 54.7 Å². The van der Waals surface area contributed by atoms with Crippen molar-refractivity contribution in [3.8, 4) is 0 Å². The molecule has 2 heterocycles. The second-order valence-corrected chi connectivity index (χ2v) is 6.83. The summed E-state index contributed by atoms with van der Waals surface area (Å²) in [4.78, 5) is 21.1. The molecule has 0 atom stereocenters. The predicted molar refractivity (Wildman–Crippen MR) is 108 cm³/mol. The Morgan fingerprint density at radius 1 is 0.963 bits per heavy atom. The molecule has 27 heavy (non-hydrogen) atoms. The Morgan fingerprint density at radius 3 is 2.63 bits per heavy atom. The monoisotopic (exact) mass is 361 g/mol. The number of fused-ring (bicyclic) bond motifs is 1. The minimum absolute atomic E-state index is 0.121. The van der Waals surface area contributed by atoms with Crippen LogP contribution >= 0.6 is 0 Å². The van der Waals surface area contributed by atoms with Gasteiger partial charge >= 0.3 is 0 Å². The van der Waals surface area contributed by atoms with E-state index in [9.17, 15) is 4.79 Å². The number of amides is 1. The van der Waals surface area contributed by atoms with Crippen molar-refractivity contribution in [1.29, 1.82) is 0 Å². The van der Waals surface area contributed by atoms with E-state index in [4.69, 9.17) is 0 Å². The Kier molecular flexibility index (Phi) is 5.14. The molecule has 6 heteroatoms. The van der Waals surface area contributed by atoms with E-state index in [1.54, 1.807) is 12.3 Å². The average Bonchev–Trinajstić information content (AvgIpc) is 3.54. The Balaban J connectivity index is 1.22. The van der Waals surface area contributed by atoms with Gasteiger partial charge in [0.2, 0.25) is 0 Å². The predicted octanol–water partition coefficient (Wildman–Crippen LogP) is 3.29. The summed E-state index contributed by atoms with van der Waals surface area (Å²) in [5.41, 5.74) is 1.52. The molecule has 0 radical (unpaired) electrons. The molecule has 2 aromatic heterocycles. The van der Waals surface area contributed by atoms with Gasteiger partial charge in [-0.2, -0.15) is 0 Å². The molecule has 3 aromatic rings. The molecule has 1 aliphatic carbocycles. The molecular formula is C21H23N5O. The fourth-order valence-electron chi connectivity index (χ4n) is 2.84. The number of carbonyl (C=O) groups excluding carboxylic acids is 1. The topological polar surface area (TPSA) is 78.9 Å². The summed E-state index contributed by atoms with van der Waals surface area (Å²) in [6.07, 6.45) is 4.22. The lowest BCUT2D eigenvalue weighted by atomic mass is 10.2. The van der Waals surface area contributed by atoms with E-state index in [-0.39, 0.29) is 5.91 Å². The largest absolute Gasteiger partial charge is 0.370 e. The van der Waals surface area contributed by atoms with Crippen LogP contribution in [-0.2, 0) is 0 Å². The van der Waals surface area contributed by atoms with Crippen LogP contribution in [-0.4, -0.2) is 35.5 Å². The molecular weight excluding hydrogens is 338 g/mol. The van der Waals surface area contributed by atoms with Crippen LogP contribution in [0, 0.1) is 5.92 Å². The van der Waals surface area contributed by atoms with Crippen LogP contribution < -0.4 is 16.0 Å². The highest BCUT2D eigenvalue weighted by Gasteiger charge is 2.20. The van der Waals surface area contributed by atoms with E-state index < -0.39 is 0 Å². The van der Waals surface area contributed by atoms with Crippen molar-refractivity contribution >= 4 is 28.4 Å². The first kappa shape index (κ1) is 17.3. The minimum Gasteiger partial charge on any atom is -0.370 e. The smallest absolute Gasteiger partial charge is 0.252 e. The Hall–Kier alpha value is -3.15. The number of para-hydroxylation sites is 1. The van der Waals surface area contributed by atoms with E-state index in [1.165, 1.54) is 12.8 Å². The first-order valence-electron chi connectivity index (χ1n) is 9.36. The van der Waals surface area contributed by atoms with E-state index in [0.29, 0.717) is 18.7 Å². The van der Waals surface area contributed by atoms with Crippen LogP contribution in [0.4, 0.5) is 11.6 Å². The Morgan fingerprint density at radius 2 is 1.81 bits per heavy atom. The van der Waals surface area contributed by atoms with Crippen molar-refractivity contribution in [1.82, 2.24) is 15.3 Å². The number of aromatic nitrogens is 2. The molecule has 0 saturated heterocycles. The summed E-state index contributed by atoms with van der Waals surface area (Å²) in [5, 5.41) is 10.5. The average molecular weight is 361 g/mol. The molecule has 1 amide bonds. The summed E-state index contributed by atoms with van der Waals surface area (Å²) in [6, 6.07) is 15.6. The van der Waals surface area contributed by atoms with E-state index in [2.05, 4.69) is 25.9 Å². The van der Waals surface area contributed by atoms with Gasteiger partial charge in [-0.1, -0.05) is 18.2 Å². The van der Waals surface area contributed by atoms with Crippen LogP contribution in [0.5, 0.6) is 0 Å². The van der Waals surface area contributed by atoms with Gasteiger partial charge in [-0.05, 0) is 49.1 Å². The number of carbonyl (C=O) groups is 1. The van der Waals surface area contributed by atoms with Gasteiger partial charge in [0, 0.05) is 31.2 Å². The highest BCUT2D eigenvalue weighted by Crippen LogP contribution is 2.28. The maximum Gasteiger partial charge on any atom is 0.252 e. The number of anilines is 2. The van der Waals surface area contributed by atoms with Crippen molar-refractivity contribution < 1.29 is 4.79 Å². The molecule has 1 saturated carbocycles. The second-order valence-electron chi connectivity index (χ2n) is 6.83. The zero-order valence-corrected chi connectivity index (χ0v) is 15.1. The molecule has 0 spiro atoms. The lowest BCUT2D eigenvalue weighted by Crippen LogP contribution is -2.29. The van der Waals surface area contributed by atoms with Gasteiger partial charge in [0.05, 0.1) is 11.1 Å². The van der Waals surface area contributed by atoms with Crippen LogP contribution in [0.2, 0.25) is 0 Å². The number of hydrogen-bond acceptors (Lipinski definition) is 5. The maximum absolute atomic E-state index is 12.2. The Bertz CT molecular complexity index is 921. The highest BCUT2D eigenvalue weighted by atomic mass is 16.1.